The predicted molar refractivity (Wildman–Crippen MR) is 102 cm³/mol. The summed E-state index contributed by atoms with van der Waals surface area (Å²) in [6, 6.07) is 8.00. The first-order valence-electron chi connectivity index (χ1n) is 7.60. The molecule has 0 aliphatic rings. The van der Waals surface area contributed by atoms with Gasteiger partial charge in [-0.1, -0.05) is 39.0 Å². The molecule has 0 fully saturated rings. The molecule has 1 N–H and O–H groups in total. The van der Waals surface area contributed by atoms with Gasteiger partial charge in [-0.15, -0.1) is 0 Å². The Morgan fingerprint density at radius 2 is 1.79 bits per heavy atom. The number of halogens is 2. The maximum atomic E-state index is 10.8. The van der Waals surface area contributed by atoms with E-state index in [0.29, 0.717) is 5.75 Å². The Balaban J connectivity index is 0.000000891. The van der Waals surface area contributed by atoms with Crippen LogP contribution < -0.4 is 9.86 Å². The van der Waals surface area contributed by atoms with Crippen molar-refractivity contribution in [3.8, 4) is 5.75 Å². The molecular formula is C16H25Cl2N3OSiZr. The molecule has 4 nitrogen and oxygen atoms in total. The predicted octanol–water partition coefficient (Wildman–Crippen LogP) is 3.94. The van der Waals surface area contributed by atoms with Crippen molar-refractivity contribution >= 4 is 30.4 Å². The Labute approximate surface area is 164 Å². The van der Waals surface area contributed by atoms with Crippen LogP contribution in [0.1, 0.15) is 26.3 Å². The van der Waals surface area contributed by atoms with Crippen LogP contribution in [-0.2, 0) is 26.3 Å². The second-order valence-corrected chi connectivity index (χ2v) is 15.1. The summed E-state index contributed by atoms with van der Waals surface area (Å²) in [7, 11) is 9.84. The third kappa shape index (κ3) is 5.10. The second kappa shape index (κ2) is 8.88. The van der Waals surface area contributed by atoms with E-state index >= 15 is 0 Å². The number of hydrogen-bond donors (Lipinski definition) is 1. The first-order chi connectivity index (χ1) is 11.1. The van der Waals surface area contributed by atoms with E-state index in [9.17, 15) is 5.11 Å². The molecule has 2 aromatic rings. The summed E-state index contributed by atoms with van der Waals surface area (Å²) in [5.41, 5.74) is 0.920. The van der Waals surface area contributed by atoms with E-state index in [1.165, 1.54) is 0 Å². The van der Waals surface area contributed by atoms with Gasteiger partial charge in [0.05, 0.1) is 6.20 Å². The number of phenols is 1. The van der Waals surface area contributed by atoms with Crippen molar-refractivity contribution in [2.75, 3.05) is 11.7 Å². The molecule has 0 amide bonds. The zero-order valence-electron chi connectivity index (χ0n) is 15.0. The van der Waals surface area contributed by atoms with Gasteiger partial charge in [0.15, 0.2) is 0 Å². The Morgan fingerprint density at radius 3 is 2.25 bits per heavy atom. The van der Waals surface area contributed by atoms with E-state index in [2.05, 4.69) is 43.6 Å². The van der Waals surface area contributed by atoms with Crippen molar-refractivity contribution < 1.29 is 26.0 Å². The van der Waals surface area contributed by atoms with E-state index < -0.39 is 29.1 Å². The molecule has 0 bridgehead atoms. The molecule has 0 unspecified atom stereocenters. The average Bonchev–Trinajstić information content (AvgIpc) is 3.00. The van der Waals surface area contributed by atoms with Crippen LogP contribution in [0.15, 0.2) is 36.7 Å². The van der Waals surface area contributed by atoms with Gasteiger partial charge in [0, 0.05) is 18.4 Å². The van der Waals surface area contributed by atoms with Gasteiger partial charge in [0.1, 0.15) is 5.75 Å². The van der Waals surface area contributed by atoms with Crippen LogP contribution in [0.2, 0.25) is 13.1 Å². The number of benzene rings is 1. The molecule has 1 aromatic carbocycles. The average molecular weight is 466 g/mol. The summed E-state index contributed by atoms with van der Waals surface area (Å²) in [5, 5.41) is 16.1. The molecular weight excluding hydrogens is 440 g/mol. The Kier molecular flexibility index (Phi) is 8.05. The zero-order chi connectivity index (χ0) is 18.5. The number of rotatable bonds is 3. The van der Waals surface area contributed by atoms with Crippen molar-refractivity contribution in [2.24, 2.45) is 0 Å². The van der Waals surface area contributed by atoms with Crippen LogP contribution in [0.3, 0.4) is 0 Å². The topological polar surface area (TPSA) is 41.3 Å². The van der Waals surface area contributed by atoms with Crippen molar-refractivity contribution in [3.63, 3.8) is 0 Å². The molecule has 0 saturated heterocycles. The van der Waals surface area contributed by atoms with E-state index in [1.807, 2.05) is 42.3 Å². The van der Waals surface area contributed by atoms with Crippen LogP contribution >= 0.6 is 17.0 Å². The van der Waals surface area contributed by atoms with Crippen LogP contribution in [0.25, 0.3) is 0 Å². The Morgan fingerprint density at radius 1 is 1.21 bits per heavy atom. The molecule has 132 valence electrons. The number of hydrogen-bond acceptors (Lipinski definition) is 3. The molecule has 0 spiro atoms. The van der Waals surface area contributed by atoms with E-state index in [4.69, 9.17) is 17.0 Å². The number of phenolic OH excluding ortho intramolecular Hbond substituents is 1. The summed E-state index contributed by atoms with van der Waals surface area (Å²) in [6.45, 7) is 10.8. The fourth-order valence-corrected chi connectivity index (χ4v) is 4.71. The number of aromatic hydroxyl groups is 1. The molecule has 8 heteroatoms. The monoisotopic (exact) mass is 463 g/mol. The van der Waals surface area contributed by atoms with E-state index in [-0.39, 0.29) is 5.41 Å². The van der Waals surface area contributed by atoms with Gasteiger partial charge in [-0.3, -0.25) is 0 Å². The molecule has 0 aliphatic heterocycles. The SMILES string of the molecule is CN(n1cccn1)[Si](C)(C)c1cccc(C(C)(C)C)c1O.[Cl][Zr][Cl]. The first-order valence-corrected chi connectivity index (χ1v) is 16.9. The first kappa shape index (κ1) is 21.8. The summed E-state index contributed by atoms with van der Waals surface area (Å²) in [6.07, 6.45) is 3.70. The van der Waals surface area contributed by atoms with Gasteiger partial charge in [0.2, 0.25) is 8.24 Å². The number of nitrogens with zero attached hydrogens (tertiary/aromatic N) is 3. The molecule has 1 aromatic heterocycles. The van der Waals surface area contributed by atoms with Gasteiger partial charge >= 0.3 is 37.9 Å². The summed E-state index contributed by atoms with van der Waals surface area (Å²) < 4.78 is 2.15. The standard InChI is InChI=1S/C16H25N3OSi.2ClH.Zr/c1-16(2,3)13-9-7-10-14(15(13)20)21(5,6)18(4)19-12-8-11-17-19;;;/h7-12,20H,1-6H3;2*1H;/q;;;+2/p-2. The summed E-state index contributed by atoms with van der Waals surface area (Å²) >= 11 is -0.826. The van der Waals surface area contributed by atoms with Gasteiger partial charge in [-0.25, -0.2) is 0 Å². The molecule has 1 heterocycles. The van der Waals surface area contributed by atoms with Crippen LogP contribution in [0.5, 0.6) is 5.75 Å². The minimum absolute atomic E-state index is 0.0746. The van der Waals surface area contributed by atoms with Crippen molar-refractivity contribution in [1.29, 1.82) is 0 Å². The maximum absolute atomic E-state index is 10.8. The molecule has 0 atom stereocenters. The molecule has 0 aliphatic carbocycles. The zero-order valence-corrected chi connectivity index (χ0v) is 20.0. The summed E-state index contributed by atoms with van der Waals surface area (Å²) in [4.78, 5) is 1.84. The van der Waals surface area contributed by atoms with E-state index in [1.54, 1.807) is 6.20 Å². The minimum atomic E-state index is -2.06. The summed E-state index contributed by atoms with van der Waals surface area (Å²) in [5.74, 6) is 0.431. The molecule has 0 saturated carbocycles. The van der Waals surface area contributed by atoms with Crippen LogP contribution in [0, 0.1) is 0 Å². The Hall–Kier alpha value is -0.290. The Bertz CT molecular complexity index is 645. The van der Waals surface area contributed by atoms with Gasteiger partial charge in [0.25, 0.3) is 0 Å². The van der Waals surface area contributed by atoms with Crippen molar-refractivity contribution in [3.05, 3.63) is 42.2 Å². The van der Waals surface area contributed by atoms with Crippen LogP contribution in [0.4, 0.5) is 0 Å². The van der Waals surface area contributed by atoms with Crippen molar-refractivity contribution in [2.45, 2.75) is 39.3 Å². The fraction of sp³-hybridized carbons (Fsp3) is 0.438. The van der Waals surface area contributed by atoms with Gasteiger partial charge in [-0.05, 0) is 30.1 Å². The quantitative estimate of drug-likeness (QED) is 0.698. The van der Waals surface area contributed by atoms with Gasteiger partial charge in [-0.2, -0.15) is 9.89 Å². The number of aromatic nitrogens is 2. The number of para-hydroxylation sites is 1. The molecule has 24 heavy (non-hydrogen) atoms. The molecule has 0 radical (unpaired) electrons. The second-order valence-electron chi connectivity index (χ2n) is 7.03. The third-order valence-corrected chi connectivity index (χ3v) is 7.65. The third-order valence-electron chi connectivity index (χ3n) is 4.11. The van der Waals surface area contributed by atoms with Crippen molar-refractivity contribution in [1.82, 2.24) is 9.89 Å². The normalized spacial score (nSPS) is 11.5. The van der Waals surface area contributed by atoms with Crippen LogP contribution in [-0.4, -0.2) is 30.3 Å². The van der Waals surface area contributed by atoms with Gasteiger partial charge < -0.3 is 9.78 Å². The molecule has 2 rings (SSSR count). The van der Waals surface area contributed by atoms with E-state index in [0.717, 1.165) is 10.8 Å². The fourth-order valence-electron chi connectivity index (χ4n) is 2.51.